The van der Waals surface area contributed by atoms with Gasteiger partial charge in [0.1, 0.15) is 0 Å². The summed E-state index contributed by atoms with van der Waals surface area (Å²) >= 11 is 12.3. The number of piperidine rings is 1. The van der Waals surface area contributed by atoms with E-state index in [1.165, 1.54) is 24.8 Å². The van der Waals surface area contributed by atoms with Gasteiger partial charge < -0.3 is 9.64 Å². The Morgan fingerprint density at radius 1 is 1.23 bits per heavy atom. The standard InChI is InChI=1S/C18H25Cl2NO/c1-11(2)22-10-15-14(9-13-5-7-18(15)21(13)3)12-4-6-16(19)17(20)8-12/h4,6,8,11,13-15,18H,5,7,9-10H2,1-3H3/t13-,14-,15+,18+/m0/s1. The fourth-order valence-corrected chi connectivity index (χ4v) is 4.54. The Balaban J connectivity index is 1.87. The molecule has 2 bridgehead atoms. The third-order valence-electron chi connectivity index (χ3n) is 5.43. The predicted octanol–water partition coefficient (Wildman–Crippen LogP) is 4.98. The molecule has 2 aliphatic heterocycles. The highest BCUT2D eigenvalue weighted by Crippen LogP contribution is 2.47. The van der Waals surface area contributed by atoms with Crippen molar-refractivity contribution in [2.45, 2.75) is 57.2 Å². The molecule has 1 aromatic rings. The van der Waals surface area contributed by atoms with E-state index in [4.69, 9.17) is 27.9 Å². The molecule has 4 atom stereocenters. The lowest BCUT2D eigenvalue weighted by Gasteiger charge is -2.43. The number of fused-ring (bicyclic) bond motifs is 2. The minimum Gasteiger partial charge on any atom is -0.378 e. The van der Waals surface area contributed by atoms with E-state index < -0.39 is 0 Å². The Bertz CT molecular complexity index is 534. The van der Waals surface area contributed by atoms with Crippen LogP contribution in [0.4, 0.5) is 0 Å². The smallest absolute Gasteiger partial charge is 0.0595 e. The van der Waals surface area contributed by atoms with Gasteiger partial charge in [0.05, 0.1) is 22.8 Å². The Kier molecular flexibility index (Phi) is 5.04. The van der Waals surface area contributed by atoms with Crippen LogP contribution in [0.15, 0.2) is 18.2 Å². The second-order valence-corrected chi connectivity index (χ2v) is 7.84. The summed E-state index contributed by atoms with van der Waals surface area (Å²) in [6.45, 7) is 5.04. The Morgan fingerprint density at radius 3 is 2.68 bits per heavy atom. The average molecular weight is 342 g/mol. The molecule has 0 spiro atoms. The molecule has 1 aromatic carbocycles. The maximum atomic E-state index is 6.25. The lowest BCUT2D eigenvalue weighted by molar-refractivity contribution is -0.00336. The van der Waals surface area contributed by atoms with Gasteiger partial charge in [-0.3, -0.25) is 0 Å². The van der Waals surface area contributed by atoms with Crippen LogP contribution in [-0.4, -0.2) is 36.7 Å². The summed E-state index contributed by atoms with van der Waals surface area (Å²) in [7, 11) is 2.27. The van der Waals surface area contributed by atoms with Crippen molar-refractivity contribution in [2.75, 3.05) is 13.7 Å². The lowest BCUT2D eigenvalue weighted by atomic mass is 9.76. The molecule has 22 heavy (non-hydrogen) atoms. The van der Waals surface area contributed by atoms with Crippen LogP contribution in [0.25, 0.3) is 0 Å². The van der Waals surface area contributed by atoms with Crippen molar-refractivity contribution in [1.29, 1.82) is 0 Å². The highest BCUT2D eigenvalue weighted by atomic mass is 35.5. The van der Waals surface area contributed by atoms with Crippen molar-refractivity contribution >= 4 is 23.2 Å². The van der Waals surface area contributed by atoms with Gasteiger partial charge in [-0.2, -0.15) is 0 Å². The van der Waals surface area contributed by atoms with E-state index in [1.54, 1.807) is 0 Å². The van der Waals surface area contributed by atoms with E-state index in [9.17, 15) is 0 Å². The minimum atomic E-state index is 0.277. The van der Waals surface area contributed by atoms with E-state index in [0.29, 0.717) is 34.0 Å². The van der Waals surface area contributed by atoms with Crippen molar-refractivity contribution in [3.8, 4) is 0 Å². The highest BCUT2D eigenvalue weighted by Gasteiger charge is 2.46. The Morgan fingerprint density at radius 2 is 2.00 bits per heavy atom. The van der Waals surface area contributed by atoms with Crippen LogP contribution >= 0.6 is 23.2 Å². The number of hydrogen-bond donors (Lipinski definition) is 0. The molecular weight excluding hydrogens is 317 g/mol. The fourth-order valence-electron chi connectivity index (χ4n) is 4.23. The summed E-state index contributed by atoms with van der Waals surface area (Å²) in [5.74, 6) is 1.05. The number of nitrogens with zero attached hydrogens (tertiary/aromatic N) is 1. The number of ether oxygens (including phenoxy) is 1. The zero-order valence-corrected chi connectivity index (χ0v) is 15.1. The summed E-state index contributed by atoms with van der Waals surface area (Å²) in [6, 6.07) is 7.45. The molecule has 0 radical (unpaired) electrons. The minimum absolute atomic E-state index is 0.277. The molecule has 0 amide bonds. The zero-order valence-electron chi connectivity index (χ0n) is 13.6. The first-order valence-electron chi connectivity index (χ1n) is 8.26. The second kappa shape index (κ2) is 6.68. The van der Waals surface area contributed by atoms with Gasteiger partial charge in [0.25, 0.3) is 0 Å². The van der Waals surface area contributed by atoms with Crippen molar-refractivity contribution in [1.82, 2.24) is 4.90 Å². The predicted molar refractivity (Wildman–Crippen MR) is 93.0 cm³/mol. The lowest BCUT2D eigenvalue weighted by Crippen LogP contribution is -2.47. The molecule has 0 aliphatic carbocycles. The molecule has 0 aromatic heterocycles. The van der Waals surface area contributed by atoms with Crippen molar-refractivity contribution < 1.29 is 4.74 Å². The molecule has 2 saturated heterocycles. The quantitative estimate of drug-likeness (QED) is 0.765. The largest absolute Gasteiger partial charge is 0.378 e. The van der Waals surface area contributed by atoms with Crippen LogP contribution in [0.1, 0.15) is 44.6 Å². The van der Waals surface area contributed by atoms with Gasteiger partial charge in [0.15, 0.2) is 0 Å². The molecule has 0 N–H and O–H groups in total. The zero-order chi connectivity index (χ0) is 15.9. The van der Waals surface area contributed by atoms with Crippen molar-refractivity contribution in [3.05, 3.63) is 33.8 Å². The van der Waals surface area contributed by atoms with Gasteiger partial charge in [-0.25, -0.2) is 0 Å². The first kappa shape index (κ1) is 16.6. The highest BCUT2D eigenvalue weighted by molar-refractivity contribution is 6.42. The van der Waals surface area contributed by atoms with Crippen LogP contribution in [-0.2, 0) is 4.74 Å². The first-order chi connectivity index (χ1) is 10.5. The number of benzene rings is 1. The molecule has 0 saturated carbocycles. The maximum absolute atomic E-state index is 6.25. The molecular formula is C18H25Cl2NO. The third kappa shape index (κ3) is 3.17. The maximum Gasteiger partial charge on any atom is 0.0595 e. The monoisotopic (exact) mass is 341 g/mol. The molecule has 2 nitrogen and oxygen atoms in total. The van der Waals surface area contributed by atoms with Gasteiger partial charge >= 0.3 is 0 Å². The van der Waals surface area contributed by atoms with E-state index in [1.807, 2.05) is 6.07 Å². The van der Waals surface area contributed by atoms with Gasteiger partial charge in [-0.05, 0) is 63.8 Å². The number of rotatable bonds is 4. The molecule has 2 aliphatic rings. The van der Waals surface area contributed by atoms with Crippen LogP contribution < -0.4 is 0 Å². The molecule has 122 valence electrons. The van der Waals surface area contributed by atoms with Gasteiger partial charge in [-0.1, -0.05) is 29.3 Å². The van der Waals surface area contributed by atoms with Gasteiger partial charge in [0.2, 0.25) is 0 Å². The average Bonchev–Trinajstić information content (AvgIpc) is 2.71. The number of halogens is 2. The topological polar surface area (TPSA) is 12.5 Å². The van der Waals surface area contributed by atoms with Crippen LogP contribution in [0.2, 0.25) is 10.0 Å². The van der Waals surface area contributed by atoms with Gasteiger partial charge in [-0.15, -0.1) is 0 Å². The van der Waals surface area contributed by atoms with Gasteiger partial charge in [0, 0.05) is 18.0 Å². The summed E-state index contributed by atoms with van der Waals surface area (Å²) in [4.78, 5) is 2.57. The summed E-state index contributed by atoms with van der Waals surface area (Å²) in [5, 5.41) is 1.30. The normalized spacial score (nSPS) is 31.9. The summed E-state index contributed by atoms with van der Waals surface area (Å²) < 4.78 is 6.00. The van der Waals surface area contributed by atoms with Crippen LogP contribution in [0, 0.1) is 5.92 Å². The summed E-state index contributed by atoms with van der Waals surface area (Å²) in [6.07, 6.45) is 4.05. The van der Waals surface area contributed by atoms with Crippen molar-refractivity contribution in [3.63, 3.8) is 0 Å². The van der Waals surface area contributed by atoms with Crippen LogP contribution in [0.5, 0.6) is 0 Å². The molecule has 2 fully saturated rings. The number of hydrogen-bond acceptors (Lipinski definition) is 2. The van der Waals surface area contributed by atoms with E-state index >= 15 is 0 Å². The van der Waals surface area contributed by atoms with Crippen molar-refractivity contribution in [2.24, 2.45) is 5.92 Å². The summed E-state index contributed by atoms with van der Waals surface area (Å²) in [5.41, 5.74) is 1.32. The fraction of sp³-hybridized carbons (Fsp3) is 0.667. The molecule has 4 heteroatoms. The first-order valence-corrected chi connectivity index (χ1v) is 9.01. The SMILES string of the molecule is CC(C)OC[C@H]1[C@H]2CC[C@@H](C[C@H]1c1ccc(Cl)c(Cl)c1)N2C. The van der Waals surface area contributed by atoms with Crippen LogP contribution in [0.3, 0.4) is 0 Å². The Hall–Kier alpha value is -0.280. The molecule has 3 rings (SSSR count). The van der Waals surface area contributed by atoms with E-state index in [0.717, 1.165) is 6.61 Å². The molecule has 2 heterocycles. The van der Waals surface area contributed by atoms with E-state index in [-0.39, 0.29) is 6.10 Å². The second-order valence-electron chi connectivity index (χ2n) is 7.03. The third-order valence-corrected chi connectivity index (χ3v) is 6.16. The molecule has 0 unspecified atom stereocenters. The Labute approximate surface area is 143 Å². The van der Waals surface area contributed by atoms with E-state index in [2.05, 4.69) is 37.9 Å².